The molecule has 0 spiro atoms. The van der Waals surface area contributed by atoms with E-state index in [0.717, 1.165) is 5.56 Å². The fourth-order valence-corrected chi connectivity index (χ4v) is 2.18. The first-order chi connectivity index (χ1) is 7.07. The summed E-state index contributed by atoms with van der Waals surface area (Å²) in [5, 5.41) is 1.82. The highest BCUT2D eigenvalue weighted by molar-refractivity contribution is 7.10. The van der Waals surface area contributed by atoms with Crippen LogP contribution in [0.4, 0.5) is 4.39 Å². The number of hydrogen-bond acceptors (Lipinski definition) is 4. The van der Waals surface area contributed by atoms with Crippen LogP contribution in [-0.4, -0.2) is 18.7 Å². The van der Waals surface area contributed by atoms with Gasteiger partial charge in [-0.3, -0.25) is 0 Å². The van der Waals surface area contributed by atoms with Gasteiger partial charge in [0, 0.05) is 4.88 Å². The molecule has 0 aliphatic heterocycles. The minimum Gasteiger partial charge on any atom is -0.464 e. The molecule has 0 aromatic carbocycles. The van der Waals surface area contributed by atoms with Gasteiger partial charge in [0.2, 0.25) is 6.17 Å². The Hall–Kier alpha value is -0.940. The molecular weight excluding hydrogens is 217 g/mol. The van der Waals surface area contributed by atoms with E-state index in [9.17, 15) is 9.18 Å². The summed E-state index contributed by atoms with van der Waals surface area (Å²) in [5.41, 5.74) is 6.55. The molecule has 0 aliphatic rings. The lowest BCUT2D eigenvalue weighted by molar-refractivity contribution is -0.149. The third-order valence-electron chi connectivity index (χ3n) is 2.03. The number of esters is 1. The molecule has 0 saturated heterocycles. The molecule has 2 N–H and O–H groups in total. The first-order valence-electron chi connectivity index (χ1n) is 4.68. The third kappa shape index (κ3) is 2.76. The van der Waals surface area contributed by atoms with Crippen molar-refractivity contribution in [3.8, 4) is 0 Å². The Morgan fingerprint density at radius 2 is 2.40 bits per heavy atom. The lowest BCUT2D eigenvalue weighted by Gasteiger charge is -2.14. The van der Waals surface area contributed by atoms with Crippen molar-refractivity contribution in [2.75, 3.05) is 6.61 Å². The van der Waals surface area contributed by atoms with Crippen LogP contribution < -0.4 is 5.73 Å². The van der Waals surface area contributed by atoms with E-state index in [1.807, 2.05) is 18.4 Å². The van der Waals surface area contributed by atoms with Crippen LogP contribution >= 0.6 is 11.3 Å². The Bertz CT molecular complexity index is 340. The molecule has 1 rings (SSSR count). The van der Waals surface area contributed by atoms with Crippen molar-refractivity contribution in [3.63, 3.8) is 0 Å². The van der Waals surface area contributed by atoms with Gasteiger partial charge >= 0.3 is 5.97 Å². The average Bonchev–Trinajstić information content (AvgIpc) is 2.62. The van der Waals surface area contributed by atoms with E-state index in [1.165, 1.54) is 11.3 Å². The molecule has 1 aromatic rings. The number of hydrogen-bond donors (Lipinski definition) is 1. The number of halogens is 1. The summed E-state index contributed by atoms with van der Waals surface area (Å²) in [6.07, 6.45) is -1.79. The zero-order valence-electron chi connectivity index (χ0n) is 8.70. The highest BCUT2D eigenvalue weighted by Crippen LogP contribution is 2.26. The van der Waals surface area contributed by atoms with E-state index < -0.39 is 18.2 Å². The van der Waals surface area contributed by atoms with Crippen molar-refractivity contribution in [1.82, 2.24) is 0 Å². The number of thiophene rings is 1. The molecule has 84 valence electrons. The van der Waals surface area contributed by atoms with Crippen LogP contribution in [0, 0.1) is 6.92 Å². The normalized spacial score (nSPS) is 14.7. The molecule has 15 heavy (non-hydrogen) atoms. The fraction of sp³-hybridized carbons (Fsp3) is 0.500. The number of carbonyl (C=O) groups excluding carboxylic acids is 1. The summed E-state index contributed by atoms with van der Waals surface area (Å²) in [6.45, 7) is 3.63. The minimum absolute atomic E-state index is 0.162. The molecular formula is C10H14FNO2S. The van der Waals surface area contributed by atoms with Gasteiger partial charge < -0.3 is 10.5 Å². The van der Waals surface area contributed by atoms with Crippen LogP contribution in [0.15, 0.2) is 11.4 Å². The summed E-state index contributed by atoms with van der Waals surface area (Å²) in [5.74, 6) is -0.891. The van der Waals surface area contributed by atoms with Gasteiger partial charge in [-0.1, -0.05) is 0 Å². The average molecular weight is 231 g/mol. The number of rotatable bonds is 4. The molecule has 3 nitrogen and oxygen atoms in total. The maximum Gasteiger partial charge on any atom is 0.342 e. The number of ether oxygens (including phenoxy) is 1. The monoisotopic (exact) mass is 231 g/mol. The molecule has 1 aromatic heterocycles. The number of aryl methyl sites for hydroxylation is 1. The number of alkyl halides is 1. The largest absolute Gasteiger partial charge is 0.464 e. The van der Waals surface area contributed by atoms with Crippen molar-refractivity contribution in [2.24, 2.45) is 5.73 Å². The van der Waals surface area contributed by atoms with Gasteiger partial charge in [0.25, 0.3) is 0 Å². The topological polar surface area (TPSA) is 52.3 Å². The van der Waals surface area contributed by atoms with Crippen LogP contribution in [0.5, 0.6) is 0 Å². The van der Waals surface area contributed by atoms with Crippen molar-refractivity contribution < 1.29 is 13.9 Å². The van der Waals surface area contributed by atoms with Crippen LogP contribution in [0.2, 0.25) is 0 Å². The SMILES string of the molecule is CCOC(=O)C(F)[C@@H](N)c1sccc1C. The lowest BCUT2D eigenvalue weighted by Crippen LogP contribution is -2.31. The van der Waals surface area contributed by atoms with Crippen molar-refractivity contribution in [1.29, 1.82) is 0 Å². The van der Waals surface area contributed by atoms with Gasteiger partial charge in [0.05, 0.1) is 12.6 Å². The van der Waals surface area contributed by atoms with Crippen LogP contribution in [0.1, 0.15) is 23.4 Å². The molecule has 0 saturated carbocycles. The molecule has 0 aliphatic carbocycles. The molecule has 5 heteroatoms. The van der Waals surface area contributed by atoms with E-state index in [-0.39, 0.29) is 6.61 Å². The van der Waals surface area contributed by atoms with Gasteiger partial charge in [-0.25, -0.2) is 9.18 Å². The Labute approximate surface area is 92.0 Å². The maximum atomic E-state index is 13.5. The second-order valence-electron chi connectivity index (χ2n) is 3.15. The van der Waals surface area contributed by atoms with Crippen LogP contribution in [-0.2, 0) is 9.53 Å². The molecule has 0 fully saturated rings. The van der Waals surface area contributed by atoms with E-state index >= 15 is 0 Å². The molecule has 0 bridgehead atoms. The summed E-state index contributed by atoms with van der Waals surface area (Å²) in [4.78, 5) is 11.8. The predicted molar refractivity (Wildman–Crippen MR) is 57.5 cm³/mol. The summed E-state index contributed by atoms with van der Waals surface area (Å²) < 4.78 is 18.1. The molecule has 1 heterocycles. The summed E-state index contributed by atoms with van der Waals surface area (Å²) in [7, 11) is 0. The van der Waals surface area contributed by atoms with Gasteiger partial charge in [-0.15, -0.1) is 11.3 Å². The maximum absolute atomic E-state index is 13.5. The number of nitrogens with two attached hydrogens (primary N) is 1. The van der Waals surface area contributed by atoms with Gasteiger partial charge in [-0.2, -0.15) is 0 Å². The van der Waals surface area contributed by atoms with E-state index in [4.69, 9.17) is 5.73 Å². The summed E-state index contributed by atoms with van der Waals surface area (Å²) >= 11 is 1.35. The highest BCUT2D eigenvalue weighted by Gasteiger charge is 2.29. The molecule has 2 atom stereocenters. The Kier molecular flexibility index (Phi) is 4.23. The number of carbonyl (C=O) groups is 1. The lowest BCUT2D eigenvalue weighted by atomic mass is 10.1. The van der Waals surface area contributed by atoms with Crippen molar-refractivity contribution in [2.45, 2.75) is 26.1 Å². The first kappa shape index (κ1) is 12.1. The van der Waals surface area contributed by atoms with Crippen molar-refractivity contribution in [3.05, 3.63) is 21.9 Å². The zero-order valence-corrected chi connectivity index (χ0v) is 9.51. The second-order valence-corrected chi connectivity index (χ2v) is 4.10. The molecule has 1 unspecified atom stereocenters. The Morgan fingerprint density at radius 3 is 2.87 bits per heavy atom. The smallest absolute Gasteiger partial charge is 0.342 e. The molecule has 0 amide bonds. The van der Waals surface area contributed by atoms with Crippen LogP contribution in [0.25, 0.3) is 0 Å². The molecule has 0 radical (unpaired) electrons. The minimum atomic E-state index is -1.79. The second kappa shape index (κ2) is 5.23. The van der Waals surface area contributed by atoms with Crippen LogP contribution in [0.3, 0.4) is 0 Å². The third-order valence-corrected chi connectivity index (χ3v) is 3.15. The van der Waals surface area contributed by atoms with E-state index in [0.29, 0.717) is 4.88 Å². The summed E-state index contributed by atoms with van der Waals surface area (Å²) in [6, 6.07) is 0.918. The Balaban J connectivity index is 2.72. The predicted octanol–water partition coefficient (Wildman–Crippen LogP) is 1.96. The van der Waals surface area contributed by atoms with Crippen molar-refractivity contribution >= 4 is 17.3 Å². The highest BCUT2D eigenvalue weighted by atomic mass is 32.1. The van der Waals surface area contributed by atoms with Gasteiger partial charge in [0.1, 0.15) is 0 Å². The zero-order chi connectivity index (χ0) is 11.4. The van der Waals surface area contributed by atoms with Gasteiger partial charge in [0.15, 0.2) is 0 Å². The fourth-order valence-electron chi connectivity index (χ4n) is 1.23. The van der Waals surface area contributed by atoms with E-state index in [1.54, 1.807) is 6.92 Å². The van der Waals surface area contributed by atoms with Gasteiger partial charge in [-0.05, 0) is 30.9 Å². The quantitative estimate of drug-likeness (QED) is 0.806. The Morgan fingerprint density at radius 1 is 1.73 bits per heavy atom. The van der Waals surface area contributed by atoms with E-state index in [2.05, 4.69) is 4.74 Å². The first-order valence-corrected chi connectivity index (χ1v) is 5.56. The standard InChI is InChI=1S/C10H14FNO2S/c1-3-14-10(13)7(11)8(12)9-6(2)4-5-15-9/h4-5,7-8H,3,12H2,1-2H3/t7?,8-/m1/s1.